The van der Waals surface area contributed by atoms with Crippen molar-refractivity contribution in [2.75, 3.05) is 23.1 Å². The van der Waals surface area contributed by atoms with Crippen molar-refractivity contribution < 1.29 is 21.2 Å². The summed E-state index contributed by atoms with van der Waals surface area (Å²) in [7, 11) is -7.39. The van der Waals surface area contributed by atoms with Gasteiger partial charge in [0.1, 0.15) is 5.82 Å². The van der Waals surface area contributed by atoms with Crippen molar-refractivity contribution >= 4 is 25.7 Å². The summed E-state index contributed by atoms with van der Waals surface area (Å²) in [5.74, 6) is -1.27. The number of para-hydroxylation sites is 1. The van der Waals surface area contributed by atoms with Gasteiger partial charge in [0.2, 0.25) is 20.0 Å². The van der Waals surface area contributed by atoms with Crippen molar-refractivity contribution in [3.05, 3.63) is 65.5 Å². The molecule has 9 heteroatoms. The quantitative estimate of drug-likeness (QED) is 0.769. The van der Waals surface area contributed by atoms with Gasteiger partial charge >= 0.3 is 0 Å². The van der Waals surface area contributed by atoms with E-state index in [-0.39, 0.29) is 12.3 Å². The summed E-state index contributed by atoms with van der Waals surface area (Å²) in [6.45, 7) is 0.121. The van der Waals surface area contributed by atoms with E-state index in [1.54, 1.807) is 12.1 Å². The summed E-state index contributed by atoms with van der Waals surface area (Å²) >= 11 is 0. The van der Waals surface area contributed by atoms with Crippen LogP contribution in [0.25, 0.3) is 0 Å². The number of fused-ring (bicyclic) bond motifs is 1. The molecule has 0 atom stereocenters. The van der Waals surface area contributed by atoms with Crippen LogP contribution >= 0.6 is 0 Å². The highest BCUT2D eigenvalue weighted by molar-refractivity contribution is 7.93. The van der Waals surface area contributed by atoms with Crippen LogP contribution < -0.4 is 9.03 Å². The Morgan fingerprint density at radius 1 is 1.04 bits per heavy atom. The molecule has 0 spiro atoms. The fourth-order valence-corrected chi connectivity index (χ4v) is 5.62. The Hall–Kier alpha value is -1.97. The van der Waals surface area contributed by atoms with Gasteiger partial charge in [0.15, 0.2) is 0 Å². The molecule has 0 aliphatic carbocycles. The van der Waals surface area contributed by atoms with E-state index in [2.05, 4.69) is 4.72 Å². The summed E-state index contributed by atoms with van der Waals surface area (Å²) in [5, 5.41) is 0. The monoisotopic (exact) mass is 398 g/mol. The lowest BCUT2D eigenvalue weighted by molar-refractivity contribution is 0.579. The highest BCUT2D eigenvalue weighted by atomic mass is 32.2. The molecule has 140 valence electrons. The molecular formula is C17H19FN2O4S2. The van der Waals surface area contributed by atoms with Gasteiger partial charge in [0.25, 0.3) is 0 Å². The van der Waals surface area contributed by atoms with Gasteiger partial charge in [0, 0.05) is 13.1 Å². The van der Waals surface area contributed by atoms with Gasteiger partial charge in [-0.15, -0.1) is 0 Å². The zero-order valence-electron chi connectivity index (χ0n) is 13.9. The maximum absolute atomic E-state index is 13.1. The zero-order valence-corrected chi connectivity index (χ0v) is 15.6. The number of halogens is 1. The van der Waals surface area contributed by atoms with Gasteiger partial charge in [0.05, 0.1) is 17.2 Å². The van der Waals surface area contributed by atoms with Gasteiger partial charge in [-0.05, 0) is 35.7 Å². The standard InChI is InChI=1S/C17H19FN2O4S2/c18-16-6-3-4-14(12-16)13-25(21,22)19-9-11-26(23,24)20-10-8-15-5-1-2-7-17(15)20/h1-7,12,19H,8-11,13H2. The van der Waals surface area contributed by atoms with Gasteiger partial charge in [-0.3, -0.25) is 4.31 Å². The molecule has 1 N–H and O–H groups in total. The fourth-order valence-electron chi connectivity index (χ4n) is 2.93. The summed E-state index contributed by atoms with van der Waals surface area (Å²) in [5.41, 5.74) is 1.91. The van der Waals surface area contributed by atoms with Crippen LogP contribution in [0, 0.1) is 5.82 Å². The fraction of sp³-hybridized carbons (Fsp3) is 0.294. The summed E-state index contributed by atoms with van der Waals surface area (Å²) in [4.78, 5) is 0. The first kappa shape index (κ1) is 18.8. The van der Waals surface area contributed by atoms with Gasteiger partial charge < -0.3 is 0 Å². The molecule has 2 aromatic carbocycles. The number of hydrogen-bond acceptors (Lipinski definition) is 4. The van der Waals surface area contributed by atoms with E-state index >= 15 is 0 Å². The molecule has 0 aromatic heterocycles. The predicted octanol–water partition coefficient (Wildman–Crippen LogP) is 1.64. The number of nitrogens with zero attached hydrogens (tertiary/aromatic N) is 1. The minimum atomic E-state index is -3.76. The summed E-state index contributed by atoms with van der Waals surface area (Å²) in [6.07, 6.45) is 0.640. The third-order valence-corrected chi connectivity index (χ3v) is 7.24. The Balaban J connectivity index is 1.60. The Morgan fingerprint density at radius 2 is 1.81 bits per heavy atom. The molecule has 1 aliphatic rings. The molecule has 0 saturated heterocycles. The summed E-state index contributed by atoms with van der Waals surface area (Å²) < 4.78 is 65.9. The second-order valence-electron chi connectivity index (χ2n) is 6.05. The molecule has 1 aliphatic heterocycles. The third-order valence-electron chi connectivity index (χ3n) is 4.11. The van der Waals surface area contributed by atoms with Crippen molar-refractivity contribution in [1.82, 2.24) is 4.72 Å². The van der Waals surface area contributed by atoms with Crippen LogP contribution in [0.5, 0.6) is 0 Å². The normalized spacial score (nSPS) is 14.4. The second kappa shape index (κ2) is 7.34. The molecular weight excluding hydrogens is 379 g/mol. The van der Waals surface area contributed by atoms with Gasteiger partial charge in [-0.1, -0.05) is 30.3 Å². The molecule has 0 unspecified atom stereocenters. The van der Waals surface area contributed by atoms with Crippen molar-refractivity contribution in [2.45, 2.75) is 12.2 Å². The van der Waals surface area contributed by atoms with Crippen molar-refractivity contribution in [3.8, 4) is 0 Å². The Bertz CT molecular complexity index is 1010. The first-order valence-corrected chi connectivity index (χ1v) is 11.3. The van der Waals surface area contributed by atoms with E-state index in [4.69, 9.17) is 0 Å². The van der Waals surface area contributed by atoms with Crippen LogP contribution in [0.4, 0.5) is 10.1 Å². The van der Waals surface area contributed by atoms with Crippen LogP contribution in [0.2, 0.25) is 0 Å². The highest BCUT2D eigenvalue weighted by Crippen LogP contribution is 2.29. The Morgan fingerprint density at radius 3 is 2.58 bits per heavy atom. The van der Waals surface area contributed by atoms with E-state index in [9.17, 15) is 21.2 Å². The van der Waals surface area contributed by atoms with Crippen LogP contribution in [-0.4, -0.2) is 35.7 Å². The van der Waals surface area contributed by atoms with Crippen molar-refractivity contribution in [2.24, 2.45) is 0 Å². The summed E-state index contributed by atoms with van der Waals surface area (Å²) in [6, 6.07) is 12.5. The van der Waals surface area contributed by atoms with Crippen molar-refractivity contribution in [1.29, 1.82) is 0 Å². The zero-order chi connectivity index (χ0) is 18.8. The van der Waals surface area contributed by atoms with E-state index in [1.807, 2.05) is 12.1 Å². The molecule has 0 saturated carbocycles. The largest absolute Gasteiger partial charge is 0.270 e. The molecule has 0 fully saturated rings. The maximum atomic E-state index is 13.1. The highest BCUT2D eigenvalue weighted by Gasteiger charge is 2.29. The lowest BCUT2D eigenvalue weighted by atomic mass is 10.2. The SMILES string of the molecule is O=S(=O)(Cc1cccc(F)c1)NCCS(=O)(=O)N1CCc2ccccc21. The maximum Gasteiger partial charge on any atom is 0.236 e. The minimum Gasteiger partial charge on any atom is -0.270 e. The predicted molar refractivity (Wildman–Crippen MR) is 98.3 cm³/mol. The number of anilines is 1. The first-order chi connectivity index (χ1) is 12.3. The molecule has 6 nitrogen and oxygen atoms in total. The molecule has 0 amide bonds. The second-order valence-corrected chi connectivity index (χ2v) is 9.87. The van der Waals surface area contributed by atoms with E-state index < -0.39 is 31.6 Å². The lowest BCUT2D eigenvalue weighted by Gasteiger charge is -2.19. The smallest absolute Gasteiger partial charge is 0.236 e. The average molecular weight is 398 g/mol. The third kappa shape index (κ3) is 4.40. The number of hydrogen-bond donors (Lipinski definition) is 1. The Kier molecular flexibility index (Phi) is 5.31. The van der Waals surface area contributed by atoms with Gasteiger partial charge in [-0.2, -0.15) is 0 Å². The topological polar surface area (TPSA) is 83.5 Å². The molecule has 3 rings (SSSR count). The molecule has 0 radical (unpaired) electrons. The van der Waals surface area contributed by atoms with Crippen LogP contribution in [0.3, 0.4) is 0 Å². The average Bonchev–Trinajstić information content (AvgIpc) is 2.99. The molecule has 26 heavy (non-hydrogen) atoms. The number of sulfonamides is 2. The number of benzene rings is 2. The van der Waals surface area contributed by atoms with Crippen LogP contribution in [0.15, 0.2) is 48.5 Å². The van der Waals surface area contributed by atoms with E-state index in [0.717, 1.165) is 11.6 Å². The van der Waals surface area contributed by atoms with E-state index in [1.165, 1.54) is 22.5 Å². The van der Waals surface area contributed by atoms with Crippen molar-refractivity contribution in [3.63, 3.8) is 0 Å². The van der Waals surface area contributed by atoms with Crippen LogP contribution in [-0.2, 0) is 32.2 Å². The molecule has 0 bridgehead atoms. The number of nitrogens with one attached hydrogen (secondary N) is 1. The molecule has 2 aromatic rings. The number of rotatable bonds is 7. The Labute approximate surface area is 152 Å². The molecule has 1 heterocycles. The van der Waals surface area contributed by atoms with Crippen LogP contribution in [0.1, 0.15) is 11.1 Å². The minimum absolute atomic E-state index is 0.237. The lowest BCUT2D eigenvalue weighted by Crippen LogP contribution is -2.37. The van der Waals surface area contributed by atoms with Gasteiger partial charge in [-0.25, -0.2) is 25.9 Å². The van der Waals surface area contributed by atoms with E-state index in [0.29, 0.717) is 24.2 Å². The first-order valence-electron chi connectivity index (χ1n) is 8.07.